The lowest BCUT2D eigenvalue weighted by atomic mass is 10.1. The number of halogens is 3. The first-order valence-corrected chi connectivity index (χ1v) is 9.76. The molecule has 0 radical (unpaired) electrons. The van der Waals surface area contributed by atoms with Crippen LogP contribution in [0.5, 0.6) is 0 Å². The van der Waals surface area contributed by atoms with Gasteiger partial charge in [0.15, 0.2) is 5.82 Å². The summed E-state index contributed by atoms with van der Waals surface area (Å²) < 4.78 is 2.04. The number of benzene rings is 1. The van der Waals surface area contributed by atoms with Gasteiger partial charge in [-0.3, -0.25) is 9.59 Å². The molecule has 0 unspecified atom stereocenters. The monoisotopic (exact) mass is 493 g/mol. The Labute approximate surface area is 184 Å². The van der Waals surface area contributed by atoms with Crippen LogP contribution in [0, 0.1) is 6.92 Å². The number of hydrogen-bond donors (Lipinski definition) is 2. The second-order valence-corrected chi connectivity index (χ2v) is 7.60. The van der Waals surface area contributed by atoms with Crippen molar-refractivity contribution in [3.8, 4) is 5.82 Å². The quantitative estimate of drug-likeness (QED) is 0.513. The fourth-order valence-corrected chi connectivity index (χ4v) is 3.48. The number of pyridine rings is 1. The van der Waals surface area contributed by atoms with Gasteiger partial charge in [0.05, 0.1) is 22.0 Å². The third-order valence-electron chi connectivity index (χ3n) is 3.87. The van der Waals surface area contributed by atoms with Gasteiger partial charge in [0.1, 0.15) is 4.60 Å². The minimum atomic E-state index is -0.693. The van der Waals surface area contributed by atoms with E-state index in [0.717, 1.165) is 0 Å². The lowest BCUT2D eigenvalue weighted by Crippen LogP contribution is -2.18. The Bertz CT molecular complexity index is 1140. The average molecular weight is 495 g/mol. The largest absolute Gasteiger partial charge is 0.366 e. The van der Waals surface area contributed by atoms with Crippen molar-refractivity contribution in [1.29, 1.82) is 0 Å². The number of rotatable bonds is 5. The molecule has 3 aromatic rings. The highest BCUT2D eigenvalue weighted by atomic mass is 79.9. The number of hydrogen-bond acceptors (Lipinski definition) is 4. The lowest BCUT2D eigenvalue weighted by Gasteiger charge is -2.11. The minimum absolute atomic E-state index is 0.129. The Morgan fingerprint density at radius 2 is 2.03 bits per heavy atom. The highest BCUT2D eigenvalue weighted by molar-refractivity contribution is 9.10. The van der Waals surface area contributed by atoms with E-state index in [0.29, 0.717) is 37.4 Å². The number of nitrogens with two attached hydrogens (primary N) is 1. The molecule has 148 valence electrons. The molecule has 0 spiro atoms. The van der Waals surface area contributed by atoms with E-state index in [9.17, 15) is 9.59 Å². The van der Waals surface area contributed by atoms with Gasteiger partial charge in [-0.1, -0.05) is 23.2 Å². The van der Waals surface area contributed by atoms with E-state index in [2.05, 4.69) is 31.3 Å². The van der Waals surface area contributed by atoms with Gasteiger partial charge in [-0.05, 0) is 64.8 Å². The zero-order valence-electron chi connectivity index (χ0n) is 15.0. The second-order valence-electron chi connectivity index (χ2n) is 5.94. The van der Waals surface area contributed by atoms with Crippen LogP contribution in [0.4, 0.5) is 5.69 Å². The van der Waals surface area contributed by atoms with Crippen molar-refractivity contribution in [2.45, 2.75) is 6.92 Å². The minimum Gasteiger partial charge on any atom is -0.366 e. The van der Waals surface area contributed by atoms with Crippen LogP contribution >= 0.6 is 39.1 Å². The summed E-state index contributed by atoms with van der Waals surface area (Å²) in [5.74, 6) is -0.736. The number of amides is 2. The highest BCUT2D eigenvalue weighted by Crippen LogP contribution is 2.26. The number of aromatic nitrogens is 3. The zero-order valence-corrected chi connectivity index (χ0v) is 18.1. The van der Waals surface area contributed by atoms with Gasteiger partial charge < -0.3 is 11.1 Å². The van der Waals surface area contributed by atoms with E-state index in [-0.39, 0.29) is 5.56 Å². The molecule has 0 bridgehead atoms. The van der Waals surface area contributed by atoms with Crippen molar-refractivity contribution in [3.05, 3.63) is 74.1 Å². The van der Waals surface area contributed by atoms with Crippen LogP contribution in [0.2, 0.25) is 10.0 Å². The van der Waals surface area contributed by atoms with Crippen LogP contribution < -0.4 is 11.1 Å². The first-order valence-electron chi connectivity index (χ1n) is 8.21. The van der Waals surface area contributed by atoms with Gasteiger partial charge >= 0.3 is 0 Å². The van der Waals surface area contributed by atoms with E-state index in [1.54, 1.807) is 43.5 Å². The maximum atomic E-state index is 12.5. The molecule has 2 heterocycles. The van der Waals surface area contributed by atoms with Crippen molar-refractivity contribution in [1.82, 2.24) is 14.8 Å². The summed E-state index contributed by atoms with van der Waals surface area (Å²) in [5, 5.41) is 7.72. The molecule has 3 N–H and O–H groups in total. The van der Waals surface area contributed by atoms with Crippen LogP contribution in [0.1, 0.15) is 21.6 Å². The zero-order chi connectivity index (χ0) is 21.1. The Balaban J connectivity index is 1.89. The number of carbonyl (C=O) groups excluding carboxylic acids is 2. The molecular weight excluding hydrogens is 481 g/mol. The molecule has 0 atom stereocenters. The van der Waals surface area contributed by atoms with Crippen LogP contribution in [0.15, 0.2) is 47.2 Å². The lowest BCUT2D eigenvalue weighted by molar-refractivity contribution is -0.111. The summed E-state index contributed by atoms with van der Waals surface area (Å²) in [6.45, 7) is 1.72. The van der Waals surface area contributed by atoms with E-state index < -0.39 is 11.8 Å². The van der Waals surface area contributed by atoms with Gasteiger partial charge in [-0.15, -0.1) is 0 Å². The number of anilines is 1. The van der Waals surface area contributed by atoms with E-state index >= 15 is 0 Å². The molecule has 7 nitrogen and oxygen atoms in total. The normalized spacial score (nSPS) is 11.0. The third kappa shape index (κ3) is 4.84. The summed E-state index contributed by atoms with van der Waals surface area (Å²) in [6, 6.07) is 8.14. The second kappa shape index (κ2) is 8.77. The SMILES string of the molecule is Cc1cc(Cl)cc(C(N)=O)c1NC(=O)C=Cc1cc(Br)nn1-c1ncccc1Cl. The van der Waals surface area contributed by atoms with E-state index in [1.165, 1.54) is 16.8 Å². The highest BCUT2D eigenvalue weighted by Gasteiger charge is 2.15. The van der Waals surface area contributed by atoms with Crippen molar-refractivity contribution >= 4 is 62.7 Å². The maximum absolute atomic E-state index is 12.5. The molecule has 0 aliphatic heterocycles. The molecule has 10 heteroatoms. The van der Waals surface area contributed by atoms with Crippen molar-refractivity contribution in [2.75, 3.05) is 5.32 Å². The fourth-order valence-electron chi connectivity index (χ4n) is 2.62. The molecule has 2 amide bonds. The summed E-state index contributed by atoms with van der Waals surface area (Å²) in [6.07, 6.45) is 4.44. The number of carbonyl (C=O) groups is 2. The van der Waals surface area contributed by atoms with Crippen molar-refractivity contribution in [2.24, 2.45) is 5.73 Å². The van der Waals surface area contributed by atoms with E-state index in [1.807, 2.05) is 0 Å². The molecule has 0 aliphatic carbocycles. The molecule has 29 heavy (non-hydrogen) atoms. The topological polar surface area (TPSA) is 103 Å². The molecule has 0 fully saturated rings. The van der Waals surface area contributed by atoms with Crippen molar-refractivity contribution in [3.63, 3.8) is 0 Å². The van der Waals surface area contributed by atoms with Crippen LogP contribution in [-0.4, -0.2) is 26.6 Å². The number of nitrogens with zero attached hydrogens (tertiary/aromatic N) is 3. The molecule has 0 aliphatic rings. The smallest absolute Gasteiger partial charge is 0.250 e. The molecule has 3 rings (SSSR count). The first kappa shape index (κ1) is 21.0. The Morgan fingerprint density at radius 1 is 1.28 bits per heavy atom. The van der Waals surface area contributed by atoms with E-state index in [4.69, 9.17) is 28.9 Å². The van der Waals surface area contributed by atoms with Gasteiger partial charge in [0.25, 0.3) is 5.91 Å². The summed E-state index contributed by atoms with van der Waals surface area (Å²) in [7, 11) is 0. The molecule has 1 aromatic carbocycles. The van der Waals surface area contributed by atoms with Crippen LogP contribution in [0.25, 0.3) is 11.9 Å². The van der Waals surface area contributed by atoms with Crippen molar-refractivity contribution < 1.29 is 9.59 Å². The van der Waals surface area contributed by atoms with Gasteiger partial charge in [-0.25, -0.2) is 9.67 Å². The number of aryl methyl sites for hydroxylation is 1. The summed E-state index contributed by atoms with van der Waals surface area (Å²) in [5.41, 5.74) is 7.00. The van der Waals surface area contributed by atoms with Crippen LogP contribution in [-0.2, 0) is 4.79 Å². The summed E-state index contributed by atoms with van der Waals surface area (Å²) >= 11 is 15.5. The average Bonchev–Trinajstić information content (AvgIpc) is 3.02. The fraction of sp³-hybridized carbons (Fsp3) is 0.0526. The molecular formula is C19H14BrCl2N5O2. The standard InChI is InChI=1S/C19H14BrCl2N5O2/c1-10-7-11(21)8-13(18(23)29)17(10)25-16(28)5-4-12-9-15(20)26-27(12)19-14(22)3-2-6-24-19/h2-9H,1H3,(H2,23,29)(H,25,28). The number of primary amides is 1. The predicted molar refractivity (Wildman–Crippen MR) is 116 cm³/mol. The molecule has 0 saturated heterocycles. The summed E-state index contributed by atoms with van der Waals surface area (Å²) in [4.78, 5) is 28.4. The maximum Gasteiger partial charge on any atom is 0.250 e. The van der Waals surface area contributed by atoms with Gasteiger partial charge in [-0.2, -0.15) is 5.10 Å². The Kier molecular flexibility index (Phi) is 6.36. The predicted octanol–water partition coefficient (Wildman–Crippen LogP) is 4.40. The number of nitrogens with one attached hydrogen (secondary N) is 1. The van der Waals surface area contributed by atoms with Crippen LogP contribution in [0.3, 0.4) is 0 Å². The van der Waals surface area contributed by atoms with Gasteiger partial charge in [0.2, 0.25) is 5.91 Å². The van der Waals surface area contributed by atoms with Gasteiger partial charge in [0, 0.05) is 17.3 Å². The Morgan fingerprint density at radius 3 is 2.72 bits per heavy atom. The first-order chi connectivity index (χ1) is 13.8. The molecule has 0 saturated carbocycles. The Hall–Kier alpha value is -2.68. The molecule has 2 aromatic heterocycles. The third-order valence-corrected chi connectivity index (χ3v) is 4.77.